The lowest BCUT2D eigenvalue weighted by molar-refractivity contribution is -0.137. The van der Waals surface area contributed by atoms with E-state index in [9.17, 15) is 9.59 Å². The van der Waals surface area contributed by atoms with Crippen molar-refractivity contribution in [3.63, 3.8) is 0 Å². The number of rotatable bonds is 13. The van der Waals surface area contributed by atoms with Gasteiger partial charge in [0, 0.05) is 42.0 Å². The van der Waals surface area contributed by atoms with E-state index in [2.05, 4.69) is 27.4 Å². The summed E-state index contributed by atoms with van der Waals surface area (Å²) in [5, 5.41) is 21.6. The number of aliphatic imine (C=N–C) groups is 1. The third-order valence-electron chi connectivity index (χ3n) is 4.63. The molecule has 0 unspecified atom stereocenters. The number of aromatic amines is 1. The van der Waals surface area contributed by atoms with Crippen molar-refractivity contribution in [1.29, 1.82) is 0 Å². The molecule has 0 saturated carbocycles. The van der Waals surface area contributed by atoms with Gasteiger partial charge in [-0.3, -0.25) is 14.6 Å². The molecule has 1 heterocycles. The lowest BCUT2D eigenvalue weighted by Gasteiger charge is -2.00. The zero-order chi connectivity index (χ0) is 24.5. The summed E-state index contributed by atoms with van der Waals surface area (Å²) in [6.07, 6.45) is 9.09. The number of hydrogen-bond donors (Lipinski definition) is 5. The van der Waals surface area contributed by atoms with E-state index in [1.165, 1.54) is 6.42 Å². The quantitative estimate of drug-likeness (QED) is 0.131. The molecule has 1 aromatic carbocycles. The van der Waals surface area contributed by atoms with Crippen LogP contribution in [0.3, 0.4) is 0 Å². The molecule has 0 atom stereocenters. The number of aromatic nitrogens is 1. The van der Waals surface area contributed by atoms with Crippen LogP contribution in [0.2, 0.25) is 0 Å². The van der Waals surface area contributed by atoms with E-state index < -0.39 is 11.9 Å². The van der Waals surface area contributed by atoms with Crippen LogP contribution in [0, 0.1) is 0 Å². The number of benzene rings is 1. The van der Waals surface area contributed by atoms with Gasteiger partial charge in [0.15, 0.2) is 0 Å². The van der Waals surface area contributed by atoms with Crippen LogP contribution in [0.4, 0.5) is 0 Å². The van der Waals surface area contributed by atoms with Gasteiger partial charge in [0.25, 0.3) is 0 Å². The smallest absolute Gasteiger partial charge is 0.303 e. The van der Waals surface area contributed by atoms with Gasteiger partial charge in [-0.15, -0.1) is 0 Å². The Morgan fingerprint density at radius 3 is 2.42 bits per heavy atom. The summed E-state index contributed by atoms with van der Waals surface area (Å²) in [6.45, 7) is 2.89. The number of carbonyl (C=O) groups is 2. The highest BCUT2D eigenvalue weighted by atomic mass is 16.5. The highest BCUT2D eigenvalue weighted by Crippen LogP contribution is 2.22. The second kappa shape index (κ2) is 16.1. The van der Waals surface area contributed by atoms with Crippen molar-refractivity contribution in [1.82, 2.24) is 10.4 Å². The Labute approximate surface area is 193 Å². The largest absolute Gasteiger partial charge is 0.497 e. The number of hydrazone groups is 1. The first-order valence-electron chi connectivity index (χ1n) is 11.0. The van der Waals surface area contributed by atoms with Crippen LogP contribution in [0.25, 0.3) is 10.9 Å². The maximum absolute atomic E-state index is 9.98. The maximum Gasteiger partial charge on any atom is 0.303 e. The number of carboxylic acids is 2. The van der Waals surface area contributed by atoms with E-state index in [4.69, 9.17) is 20.7 Å². The summed E-state index contributed by atoms with van der Waals surface area (Å²) in [6, 6.07) is 5.86. The molecule has 33 heavy (non-hydrogen) atoms. The summed E-state index contributed by atoms with van der Waals surface area (Å²) in [5.74, 6) is -0.489. The maximum atomic E-state index is 9.98. The predicted octanol–water partition coefficient (Wildman–Crippen LogP) is 3.71. The fraction of sp³-hybridized carbons (Fsp3) is 0.478. The van der Waals surface area contributed by atoms with Crippen molar-refractivity contribution >= 4 is 35.0 Å². The van der Waals surface area contributed by atoms with Gasteiger partial charge < -0.3 is 25.7 Å². The minimum atomic E-state index is -0.819. The number of aliphatic carboxylic acids is 2. The third kappa shape index (κ3) is 12.2. The van der Waals surface area contributed by atoms with Gasteiger partial charge in [-0.2, -0.15) is 5.10 Å². The fourth-order valence-corrected chi connectivity index (χ4v) is 2.85. The van der Waals surface area contributed by atoms with Gasteiger partial charge >= 0.3 is 11.9 Å². The van der Waals surface area contributed by atoms with Crippen molar-refractivity contribution in [2.45, 2.75) is 58.3 Å². The summed E-state index contributed by atoms with van der Waals surface area (Å²) in [4.78, 5) is 27.4. The molecule has 182 valence electrons. The number of H-pyrrole nitrogens is 1. The SMILES string of the molecule is CCCCCN=C(N)N/N=C/c1c[nH]c2ccc(OC)cc12.O=C(O)CCCCCC(=O)O. The monoisotopic (exact) mass is 461 g/mol. The summed E-state index contributed by atoms with van der Waals surface area (Å²) in [5.41, 5.74) is 10.5. The summed E-state index contributed by atoms with van der Waals surface area (Å²) >= 11 is 0. The van der Waals surface area contributed by atoms with Crippen LogP contribution in [-0.2, 0) is 9.59 Å². The van der Waals surface area contributed by atoms with Crippen LogP contribution in [0.15, 0.2) is 34.5 Å². The average molecular weight is 462 g/mol. The zero-order valence-corrected chi connectivity index (χ0v) is 19.3. The van der Waals surface area contributed by atoms with Crippen molar-refractivity contribution in [2.75, 3.05) is 13.7 Å². The van der Waals surface area contributed by atoms with Crippen molar-refractivity contribution < 1.29 is 24.5 Å². The number of unbranched alkanes of at least 4 members (excludes halogenated alkanes) is 4. The number of ether oxygens (including phenoxy) is 1. The zero-order valence-electron chi connectivity index (χ0n) is 19.3. The minimum Gasteiger partial charge on any atom is -0.497 e. The molecule has 0 aliphatic rings. The molecule has 10 heteroatoms. The fourth-order valence-electron chi connectivity index (χ4n) is 2.85. The van der Waals surface area contributed by atoms with Gasteiger partial charge in [0.1, 0.15) is 5.75 Å². The Kier molecular flexibility index (Phi) is 13.4. The van der Waals surface area contributed by atoms with Gasteiger partial charge in [0.2, 0.25) is 5.96 Å². The summed E-state index contributed by atoms with van der Waals surface area (Å²) < 4.78 is 5.24. The number of hydrogen-bond acceptors (Lipinski definition) is 5. The Morgan fingerprint density at radius 1 is 1.12 bits per heavy atom. The molecule has 2 aromatic rings. The third-order valence-corrected chi connectivity index (χ3v) is 4.63. The standard InChI is InChI=1S/C16H23N5O.C7H12O4/c1-3-4-5-8-18-16(17)21-20-11-12-10-19-15-7-6-13(22-2)9-14(12)15;8-6(9)4-2-1-3-5-7(10)11/h6-7,9-11,19H,3-5,8H2,1-2H3,(H3,17,18,21);1-5H2,(H,8,9)(H,10,11)/b20-11+;. The first-order valence-corrected chi connectivity index (χ1v) is 11.0. The Hall–Kier alpha value is -3.56. The Morgan fingerprint density at radius 2 is 1.82 bits per heavy atom. The second-order valence-corrected chi connectivity index (χ2v) is 7.35. The van der Waals surface area contributed by atoms with Crippen LogP contribution >= 0.6 is 0 Å². The molecule has 0 fully saturated rings. The number of fused-ring (bicyclic) bond motifs is 1. The molecule has 6 N–H and O–H groups in total. The van der Waals surface area contributed by atoms with E-state index in [-0.39, 0.29) is 12.8 Å². The van der Waals surface area contributed by atoms with Crippen LogP contribution in [-0.4, -0.2) is 53.0 Å². The Bertz CT molecular complexity index is 907. The molecule has 2 rings (SSSR count). The highest BCUT2D eigenvalue weighted by Gasteiger charge is 2.03. The topological polar surface area (TPSA) is 162 Å². The van der Waals surface area contributed by atoms with Gasteiger partial charge in [-0.1, -0.05) is 26.2 Å². The number of nitrogens with two attached hydrogens (primary N) is 1. The molecule has 1 aromatic heterocycles. The number of guanidine groups is 1. The molecular formula is C23H35N5O5. The first-order chi connectivity index (χ1) is 15.9. The van der Waals surface area contributed by atoms with Crippen molar-refractivity contribution in [2.24, 2.45) is 15.8 Å². The van der Waals surface area contributed by atoms with E-state index in [1.807, 2.05) is 24.4 Å². The second-order valence-electron chi connectivity index (χ2n) is 7.35. The first kappa shape index (κ1) is 27.5. The number of nitrogens with one attached hydrogen (secondary N) is 2. The van der Waals surface area contributed by atoms with Crippen LogP contribution in [0.5, 0.6) is 5.75 Å². The van der Waals surface area contributed by atoms with Gasteiger partial charge in [-0.25, -0.2) is 5.43 Å². The molecule has 0 aliphatic carbocycles. The molecule has 10 nitrogen and oxygen atoms in total. The van der Waals surface area contributed by atoms with E-state index in [1.54, 1.807) is 13.3 Å². The number of methoxy groups -OCH3 is 1. The van der Waals surface area contributed by atoms with E-state index in [0.29, 0.717) is 25.2 Å². The lowest BCUT2D eigenvalue weighted by atomic mass is 10.1. The average Bonchev–Trinajstić information content (AvgIpc) is 3.18. The van der Waals surface area contributed by atoms with Crippen molar-refractivity contribution in [3.05, 3.63) is 30.0 Å². The van der Waals surface area contributed by atoms with Crippen molar-refractivity contribution in [3.8, 4) is 5.75 Å². The van der Waals surface area contributed by atoms with Gasteiger partial charge in [-0.05, 0) is 37.5 Å². The molecule has 0 aliphatic heterocycles. The molecule has 0 radical (unpaired) electrons. The predicted molar refractivity (Wildman–Crippen MR) is 130 cm³/mol. The molecule has 0 amide bonds. The lowest BCUT2D eigenvalue weighted by Crippen LogP contribution is -2.27. The molecular weight excluding hydrogens is 426 g/mol. The number of nitrogens with zero attached hydrogens (tertiary/aromatic N) is 2. The van der Waals surface area contributed by atoms with Crippen LogP contribution < -0.4 is 15.9 Å². The van der Waals surface area contributed by atoms with E-state index in [0.717, 1.165) is 41.6 Å². The molecule has 0 bridgehead atoms. The van der Waals surface area contributed by atoms with Gasteiger partial charge in [0.05, 0.1) is 13.3 Å². The normalized spacial score (nSPS) is 11.3. The van der Waals surface area contributed by atoms with E-state index >= 15 is 0 Å². The molecule has 0 saturated heterocycles. The molecule has 0 spiro atoms. The van der Waals surface area contributed by atoms with Crippen LogP contribution in [0.1, 0.15) is 63.9 Å². The summed E-state index contributed by atoms with van der Waals surface area (Å²) in [7, 11) is 1.65. The Balaban J connectivity index is 0.000000420. The number of carboxylic acid groups (broad SMARTS) is 2. The minimum absolute atomic E-state index is 0.139. The highest BCUT2D eigenvalue weighted by molar-refractivity contribution is 5.99.